The standard InChI is InChI=1S/C21H13Cl3F3NO2/c1-11-2-3-12(16(23)8-11)10-30-20(29)19-15(22)6-7-18(28-19)14-5-4-13(9-17(14)24)21(25,26)27/h2-9H,10H2,1H3. The van der Waals surface area contributed by atoms with Gasteiger partial charge in [-0.3, -0.25) is 0 Å². The molecule has 0 fully saturated rings. The molecule has 0 unspecified atom stereocenters. The van der Waals surface area contributed by atoms with Gasteiger partial charge in [-0.15, -0.1) is 0 Å². The number of benzene rings is 2. The van der Waals surface area contributed by atoms with Crippen molar-refractivity contribution >= 4 is 40.8 Å². The molecular weight excluding hydrogens is 462 g/mol. The van der Waals surface area contributed by atoms with Crippen LogP contribution in [0.5, 0.6) is 0 Å². The van der Waals surface area contributed by atoms with Crippen LogP contribution < -0.4 is 0 Å². The summed E-state index contributed by atoms with van der Waals surface area (Å²) in [4.78, 5) is 16.6. The third-order valence-electron chi connectivity index (χ3n) is 4.18. The molecule has 0 aliphatic heterocycles. The fourth-order valence-electron chi connectivity index (χ4n) is 2.62. The van der Waals surface area contributed by atoms with E-state index in [1.54, 1.807) is 12.1 Å². The van der Waals surface area contributed by atoms with Gasteiger partial charge in [0.2, 0.25) is 0 Å². The zero-order chi connectivity index (χ0) is 22.1. The van der Waals surface area contributed by atoms with Crippen LogP contribution in [0.2, 0.25) is 15.1 Å². The number of aromatic nitrogens is 1. The average molecular weight is 475 g/mol. The summed E-state index contributed by atoms with van der Waals surface area (Å²) in [6.07, 6.45) is -4.53. The average Bonchev–Trinajstić information content (AvgIpc) is 2.67. The van der Waals surface area contributed by atoms with Crippen molar-refractivity contribution in [1.29, 1.82) is 0 Å². The van der Waals surface area contributed by atoms with Crippen LogP contribution in [0.4, 0.5) is 13.2 Å². The first kappa shape index (κ1) is 22.4. The fraction of sp³-hybridized carbons (Fsp3) is 0.143. The van der Waals surface area contributed by atoms with Gasteiger partial charge in [0.05, 0.1) is 21.3 Å². The molecule has 156 valence electrons. The second-order valence-electron chi connectivity index (χ2n) is 6.39. The highest BCUT2D eigenvalue weighted by Gasteiger charge is 2.31. The number of rotatable bonds is 4. The van der Waals surface area contributed by atoms with Gasteiger partial charge < -0.3 is 4.74 Å². The van der Waals surface area contributed by atoms with E-state index < -0.39 is 17.7 Å². The Morgan fingerprint density at radius 1 is 0.967 bits per heavy atom. The molecule has 1 aromatic heterocycles. The summed E-state index contributed by atoms with van der Waals surface area (Å²) in [6, 6.07) is 11.0. The maximum atomic E-state index is 12.8. The molecule has 0 aliphatic carbocycles. The maximum Gasteiger partial charge on any atom is 0.416 e. The molecule has 0 saturated carbocycles. The summed E-state index contributed by atoms with van der Waals surface area (Å²) >= 11 is 18.2. The Morgan fingerprint density at radius 2 is 1.70 bits per heavy atom. The number of hydrogen-bond donors (Lipinski definition) is 0. The number of nitrogens with zero attached hydrogens (tertiary/aromatic N) is 1. The Hall–Kier alpha value is -2.28. The van der Waals surface area contributed by atoms with Gasteiger partial charge in [0.15, 0.2) is 5.69 Å². The fourth-order valence-corrected chi connectivity index (χ4v) is 3.36. The van der Waals surface area contributed by atoms with E-state index in [-0.39, 0.29) is 33.6 Å². The zero-order valence-electron chi connectivity index (χ0n) is 15.4. The SMILES string of the molecule is Cc1ccc(COC(=O)c2nc(-c3ccc(C(F)(F)F)cc3Cl)ccc2Cl)c(Cl)c1. The molecule has 2 aromatic carbocycles. The highest BCUT2D eigenvalue weighted by Crippen LogP contribution is 2.35. The van der Waals surface area contributed by atoms with Crippen LogP contribution >= 0.6 is 34.8 Å². The van der Waals surface area contributed by atoms with E-state index in [2.05, 4.69) is 4.98 Å². The first-order chi connectivity index (χ1) is 14.1. The van der Waals surface area contributed by atoms with Crippen molar-refractivity contribution < 1.29 is 22.7 Å². The van der Waals surface area contributed by atoms with Crippen LogP contribution in [0.15, 0.2) is 48.5 Å². The molecule has 3 nitrogen and oxygen atoms in total. The molecule has 0 amide bonds. The van der Waals surface area contributed by atoms with Crippen molar-refractivity contribution in [2.24, 2.45) is 0 Å². The summed E-state index contributed by atoms with van der Waals surface area (Å²) < 4.78 is 43.8. The molecular formula is C21H13Cl3F3NO2. The lowest BCUT2D eigenvalue weighted by Crippen LogP contribution is -2.09. The van der Waals surface area contributed by atoms with E-state index in [1.165, 1.54) is 18.2 Å². The van der Waals surface area contributed by atoms with Gasteiger partial charge >= 0.3 is 12.1 Å². The Labute approximate surface area is 185 Å². The minimum Gasteiger partial charge on any atom is -0.456 e. The molecule has 0 spiro atoms. The van der Waals surface area contributed by atoms with E-state index in [4.69, 9.17) is 39.5 Å². The Bertz CT molecular complexity index is 1120. The van der Waals surface area contributed by atoms with Crippen LogP contribution in [0.25, 0.3) is 11.3 Å². The highest BCUT2D eigenvalue weighted by molar-refractivity contribution is 6.34. The van der Waals surface area contributed by atoms with E-state index in [0.29, 0.717) is 10.6 Å². The minimum atomic E-state index is -4.53. The van der Waals surface area contributed by atoms with Crippen LogP contribution in [-0.2, 0) is 17.5 Å². The second kappa shape index (κ2) is 8.84. The number of hydrogen-bond acceptors (Lipinski definition) is 3. The van der Waals surface area contributed by atoms with Crippen molar-refractivity contribution in [1.82, 2.24) is 4.98 Å². The topological polar surface area (TPSA) is 39.2 Å². The number of alkyl halides is 3. The number of pyridine rings is 1. The van der Waals surface area contributed by atoms with Gasteiger partial charge in [-0.1, -0.05) is 53.0 Å². The van der Waals surface area contributed by atoms with E-state index >= 15 is 0 Å². The van der Waals surface area contributed by atoms with E-state index in [1.807, 2.05) is 13.0 Å². The van der Waals surface area contributed by atoms with Crippen LogP contribution in [0.3, 0.4) is 0 Å². The summed E-state index contributed by atoms with van der Waals surface area (Å²) in [7, 11) is 0. The lowest BCUT2D eigenvalue weighted by Gasteiger charge is -2.11. The van der Waals surface area contributed by atoms with Gasteiger partial charge in [0.1, 0.15) is 6.61 Å². The molecule has 0 N–H and O–H groups in total. The third-order valence-corrected chi connectivity index (χ3v) is 5.15. The quantitative estimate of drug-likeness (QED) is 0.370. The number of carbonyl (C=O) groups is 1. The van der Waals surface area contributed by atoms with Gasteiger partial charge in [-0.25, -0.2) is 9.78 Å². The normalized spacial score (nSPS) is 11.4. The highest BCUT2D eigenvalue weighted by atomic mass is 35.5. The molecule has 0 radical (unpaired) electrons. The predicted octanol–water partition coefficient (Wildman–Crippen LogP) is 7.39. The monoisotopic (exact) mass is 473 g/mol. The van der Waals surface area contributed by atoms with Crippen molar-refractivity contribution in [3.63, 3.8) is 0 Å². The smallest absolute Gasteiger partial charge is 0.416 e. The number of halogens is 6. The van der Waals surface area contributed by atoms with Crippen molar-refractivity contribution in [3.05, 3.63) is 86.0 Å². The van der Waals surface area contributed by atoms with Crippen molar-refractivity contribution in [3.8, 4) is 11.3 Å². The van der Waals surface area contributed by atoms with Gasteiger partial charge in [-0.05, 0) is 42.8 Å². The number of ether oxygens (including phenoxy) is 1. The van der Waals surface area contributed by atoms with Gasteiger partial charge in [0, 0.05) is 16.1 Å². The number of aryl methyl sites for hydroxylation is 1. The Morgan fingerprint density at radius 3 is 2.33 bits per heavy atom. The zero-order valence-corrected chi connectivity index (χ0v) is 17.6. The molecule has 0 bridgehead atoms. The molecule has 30 heavy (non-hydrogen) atoms. The lowest BCUT2D eigenvalue weighted by atomic mass is 10.1. The van der Waals surface area contributed by atoms with Crippen LogP contribution in [-0.4, -0.2) is 11.0 Å². The van der Waals surface area contributed by atoms with Crippen LogP contribution in [0.1, 0.15) is 27.2 Å². The third kappa shape index (κ3) is 5.06. The summed E-state index contributed by atoms with van der Waals surface area (Å²) in [5.74, 6) is -0.804. The molecule has 0 atom stereocenters. The first-order valence-corrected chi connectivity index (χ1v) is 9.65. The number of carbonyl (C=O) groups excluding carboxylic acids is 1. The van der Waals surface area contributed by atoms with Crippen LogP contribution in [0, 0.1) is 6.92 Å². The van der Waals surface area contributed by atoms with E-state index in [0.717, 1.165) is 17.7 Å². The minimum absolute atomic E-state index is 0.0294. The van der Waals surface area contributed by atoms with Crippen molar-refractivity contribution in [2.75, 3.05) is 0 Å². The molecule has 3 aromatic rings. The summed E-state index contributed by atoms with van der Waals surface area (Å²) in [6.45, 7) is 1.78. The molecule has 3 rings (SSSR count). The predicted molar refractivity (Wildman–Crippen MR) is 110 cm³/mol. The van der Waals surface area contributed by atoms with Crippen molar-refractivity contribution in [2.45, 2.75) is 19.7 Å². The van der Waals surface area contributed by atoms with Gasteiger partial charge in [-0.2, -0.15) is 13.2 Å². The maximum absolute atomic E-state index is 12.8. The summed E-state index contributed by atoms with van der Waals surface area (Å²) in [5.41, 5.74) is 0.887. The summed E-state index contributed by atoms with van der Waals surface area (Å²) in [5, 5.41) is 0.319. The first-order valence-electron chi connectivity index (χ1n) is 8.52. The Balaban J connectivity index is 1.85. The molecule has 0 saturated heterocycles. The second-order valence-corrected chi connectivity index (χ2v) is 7.61. The largest absolute Gasteiger partial charge is 0.456 e. The molecule has 1 heterocycles. The Kier molecular flexibility index (Phi) is 6.60. The molecule has 9 heteroatoms. The molecule has 0 aliphatic rings. The van der Waals surface area contributed by atoms with Gasteiger partial charge in [0.25, 0.3) is 0 Å². The lowest BCUT2D eigenvalue weighted by molar-refractivity contribution is -0.137. The van der Waals surface area contributed by atoms with E-state index in [9.17, 15) is 18.0 Å². The number of esters is 1.